The molecule has 0 aromatic heterocycles. The number of carbonyl (C=O) groups is 1. The molecule has 1 nitrogen and oxygen atoms in total. The highest BCUT2D eigenvalue weighted by molar-refractivity contribution is 9.27. The molecule has 0 bridgehead atoms. The van der Waals surface area contributed by atoms with Crippen LogP contribution in [0.2, 0.25) is 0 Å². The number of halogens is 4. The molecule has 54 valence electrons. The summed E-state index contributed by atoms with van der Waals surface area (Å²) in [6, 6.07) is 0. The van der Waals surface area contributed by atoms with Gasteiger partial charge < -0.3 is 0 Å². The van der Waals surface area contributed by atoms with E-state index in [-0.39, 0.29) is 9.52 Å². The summed E-state index contributed by atoms with van der Waals surface area (Å²) in [4.78, 5) is 11.0. The van der Waals surface area contributed by atoms with Crippen LogP contribution in [0.1, 0.15) is 6.92 Å². The lowest BCUT2D eigenvalue weighted by atomic mass is 10.3. The monoisotopic (exact) mass is 384 g/mol. The lowest BCUT2D eigenvalue weighted by molar-refractivity contribution is -0.116. The van der Waals surface area contributed by atoms with Gasteiger partial charge in [0.25, 0.3) is 0 Å². The number of Topliss-reactive ketones (excluding diaryl/α,β-unsaturated/α-hetero) is 1. The fourth-order valence-electron chi connectivity index (χ4n) is 0.192. The average Bonchev–Trinajstić information content (AvgIpc) is 1.62. The van der Waals surface area contributed by atoms with E-state index in [0.717, 1.165) is 0 Å². The third-order valence-electron chi connectivity index (χ3n) is 0.631. The second-order valence-electron chi connectivity index (χ2n) is 1.55. The van der Waals surface area contributed by atoms with E-state index in [4.69, 9.17) is 0 Å². The minimum absolute atomic E-state index is 0.00231. The summed E-state index contributed by atoms with van der Waals surface area (Å²) >= 11 is 12.5. The van der Waals surface area contributed by atoms with Crippen LogP contribution in [0.4, 0.5) is 0 Å². The van der Waals surface area contributed by atoms with Crippen molar-refractivity contribution in [2.45, 2.75) is 13.9 Å². The molecule has 0 amide bonds. The third kappa shape index (κ3) is 4.11. The van der Waals surface area contributed by atoms with Crippen molar-refractivity contribution in [3.8, 4) is 0 Å². The van der Waals surface area contributed by atoms with Crippen molar-refractivity contribution in [3.05, 3.63) is 0 Å². The van der Waals surface area contributed by atoms with E-state index in [0.29, 0.717) is 0 Å². The van der Waals surface area contributed by atoms with E-state index in [2.05, 4.69) is 63.7 Å². The second kappa shape index (κ2) is 3.83. The third-order valence-corrected chi connectivity index (χ3v) is 2.24. The second-order valence-corrected chi connectivity index (χ2v) is 8.85. The SMILES string of the molecule is CC(Br)(Br)C(=O)C(Br)Br. The average molecular weight is 388 g/mol. The van der Waals surface area contributed by atoms with Crippen LogP contribution >= 0.6 is 63.7 Å². The molecule has 0 radical (unpaired) electrons. The van der Waals surface area contributed by atoms with Crippen LogP contribution in [0.25, 0.3) is 0 Å². The van der Waals surface area contributed by atoms with Gasteiger partial charge in [-0.25, -0.2) is 0 Å². The zero-order valence-electron chi connectivity index (χ0n) is 4.50. The quantitative estimate of drug-likeness (QED) is 0.665. The number of alkyl halides is 4. The molecule has 0 heterocycles. The Bertz CT molecular complexity index is 114. The highest BCUT2D eigenvalue weighted by Crippen LogP contribution is 2.31. The number of hydrogen-bond donors (Lipinski definition) is 0. The number of carbonyl (C=O) groups excluding carboxylic acids is 1. The zero-order valence-corrected chi connectivity index (χ0v) is 10.8. The van der Waals surface area contributed by atoms with Crippen molar-refractivity contribution in [1.82, 2.24) is 0 Å². The summed E-state index contributed by atoms with van der Waals surface area (Å²) in [5.41, 5.74) is 0. The molecule has 0 unspecified atom stereocenters. The first kappa shape index (κ1) is 10.6. The van der Waals surface area contributed by atoms with Crippen molar-refractivity contribution in [2.24, 2.45) is 0 Å². The zero-order chi connectivity index (χ0) is 7.65. The number of ketones is 1. The van der Waals surface area contributed by atoms with Crippen LogP contribution in [-0.2, 0) is 4.79 Å². The number of hydrogen-bond acceptors (Lipinski definition) is 1. The van der Waals surface area contributed by atoms with Crippen molar-refractivity contribution in [1.29, 1.82) is 0 Å². The van der Waals surface area contributed by atoms with E-state index >= 15 is 0 Å². The molecule has 0 aliphatic heterocycles. The Morgan fingerprint density at radius 2 is 1.78 bits per heavy atom. The van der Waals surface area contributed by atoms with Crippen molar-refractivity contribution >= 4 is 69.5 Å². The van der Waals surface area contributed by atoms with Crippen LogP contribution in [0.15, 0.2) is 0 Å². The molecular formula is C4H4Br4O. The molecule has 0 aliphatic carbocycles. The van der Waals surface area contributed by atoms with Crippen LogP contribution in [-0.4, -0.2) is 12.8 Å². The molecule has 0 N–H and O–H groups in total. The molecule has 0 aromatic rings. The van der Waals surface area contributed by atoms with Gasteiger partial charge in [-0.1, -0.05) is 63.7 Å². The highest BCUT2D eigenvalue weighted by Gasteiger charge is 2.29. The minimum Gasteiger partial charge on any atom is -0.295 e. The molecule has 0 atom stereocenters. The smallest absolute Gasteiger partial charge is 0.184 e. The molecule has 0 aliphatic rings. The maximum absolute atomic E-state index is 11.0. The summed E-state index contributed by atoms with van der Waals surface area (Å²) in [7, 11) is 0. The van der Waals surface area contributed by atoms with Gasteiger partial charge in [-0.2, -0.15) is 0 Å². The van der Waals surface area contributed by atoms with Gasteiger partial charge in [-0.3, -0.25) is 4.79 Å². The first-order valence-corrected chi connectivity index (χ1v) is 5.47. The Hall–Kier alpha value is 1.59. The van der Waals surface area contributed by atoms with E-state index in [1.54, 1.807) is 6.92 Å². The fraction of sp³-hybridized carbons (Fsp3) is 0.750. The van der Waals surface area contributed by atoms with Gasteiger partial charge in [-0.15, -0.1) is 0 Å². The van der Waals surface area contributed by atoms with Crippen LogP contribution < -0.4 is 0 Å². The lowest BCUT2D eigenvalue weighted by Gasteiger charge is -2.12. The van der Waals surface area contributed by atoms with Gasteiger partial charge in [0.1, 0.15) is 6.97 Å². The summed E-state index contributed by atoms with van der Waals surface area (Å²) in [5.74, 6) is 0.00231. The summed E-state index contributed by atoms with van der Waals surface area (Å²) in [5, 5.41) is 0. The Morgan fingerprint density at radius 1 is 1.44 bits per heavy atom. The molecule has 0 saturated heterocycles. The molecular weight excluding hydrogens is 384 g/mol. The fourth-order valence-corrected chi connectivity index (χ4v) is 2.79. The lowest BCUT2D eigenvalue weighted by Crippen LogP contribution is -2.25. The van der Waals surface area contributed by atoms with Crippen molar-refractivity contribution in [3.63, 3.8) is 0 Å². The Kier molecular flexibility index (Phi) is 4.51. The first-order chi connectivity index (χ1) is 3.85. The molecule has 0 saturated carbocycles. The summed E-state index contributed by atoms with van der Waals surface area (Å²) < 4.78 is -0.925. The molecule has 0 fully saturated rings. The van der Waals surface area contributed by atoms with Crippen LogP contribution in [0.3, 0.4) is 0 Å². The molecule has 0 rings (SSSR count). The van der Waals surface area contributed by atoms with Gasteiger partial charge in [-0.05, 0) is 6.92 Å². The van der Waals surface area contributed by atoms with Gasteiger partial charge in [0.15, 0.2) is 5.78 Å². The predicted octanol–water partition coefficient (Wildman–Crippen LogP) is 3.18. The Balaban J connectivity index is 4.06. The summed E-state index contributed by atoms with van der Waals surface area (Å²) in [6.07, 6.45) is 0. The minimum atomic E-state index is -0.627. The maximum Gasteiger partial charge on any atom is 0.184 e. The van der Waals surface area contributed by atoms with E-state index < -0.39 is 3.23 Å². The Labute approximate surface area is 87.5 Å². The summed E-state index contributed by atoms with van der Waals surface area (Å²) in [6.45, 7) is 1.73. The van der Waals surface area contributed by atoms with Gasteiger partial charge in [0.2, 0.25) is 0 Å². The van der Waals surface area contributed by atoms with E-state index in [1.807, 2.05) is 0 Å². The van der Waals surface area contributed by atoms with Gasteiger partial charge in [0, 0.05) is 0 Å². The Morgan fingerprint density at radius 3 is 1.78 bits per heavy atom. The van der Waals surface area contributed by atoms with Crippen LogP contribution in [0.5, 0.6) is 0 Å². The van der Waals surface area contributed by atoms with Crippen molar-refractivity contribution < 1.29 is 4.79 Å². The molecule has 5 heteroatoms. The molecule has 9 heavy (non-hydrogen) atoms. The van der Waals surface area contributed by atoms with Gasteiger partial charge in [0.05, 0.1) is 0 Å². The predicted molar refractivity (Wildman–Crippen MR) is 52.9 cm³/mol. The number of rotatable bonds is 2. The van der Waals surface area contributed by atoms with E-state index in [1.165, 1.54) is 0 Å². The maximum atomic E-state index is 11.0. The first-order valence-electron chi connectivity index (χ1n) is 2.06. The largest absolute Gasteiger partial charge is 0.295 e. The highest BCUT2D eigenvalue weighted by atomic mass is 79.9. The van der Waals surface area contributed by atoms with E-state index in [9.17, 15) is 4.79 Å². The molecule has 0 spiro atoms. The molecule has 0 aromatic carbocycles. The topological polar surface area (TPSA) is 17.1 Å². The normalized spacial score (nSPS) is 12.2. The standard InChI is InChI=1S/C4H4Br4O/c1-4(7,8)2(9)3(5)6/h3H,1H3. The van der Waals surface area contributed by atoms with Crippen LogP contribution in [0, 0.1) is 0 Å². The van der Waals surface area contributed by atoms with Gasteiger partial charge >= 0.3 is 0 Å². The van der Waals surface area contributed by atoms with Crippen molar-refractivity contribution in [2.75, 3.05) is 0 Å².